The lowest BCUT2D eigenvalue weighted by Crippen LogP contribution is -2.11. The molecule has 0 aliphatic rings. The Balaban J connectivity index is 1.58. The van der Waals surface area contributed by atoms with Gasteiger partial charge in [-0.25, -0.2) is 4.98 Å². The summed E-state index contributed by atoms with van der Waals surface area (Å²) in [5.74, 6) is 0.254. The summed E-state index contributed by atoms with van der Waals surface area (Å²) in [6.07, 6.45) is 5.39. The smallest absolute Gasteiger partial charge is 0.260 e. The number of aryl methyl sites for hydroxylation is 2. The molecule has 3 heterocycles. The number of hydrogen-bond acceptors (Lipinski definition) is 4. The summed E-state index contributed by atoms with van der Waals surface area (Å²) >= 11 is 0. The van der Waals surface area contributed by atoms with Gasteiger partial charge in [-0.2, -0.15) is 0 Å². The molecule has 0 bridgehead atoms. The number of benzene rings is 1. The second kappa shape index (κ2) is 5.90. The number of pyridine rings is 1. The van der Waals surface area contributed by atoms with Crippen LogP contribution in [-0.2, 0) is 0 Å². The van der Waals surface area contributed by atoms with Crippen molar-refractivity contribution < 1.29 is 9.32 Å². The molecule has 1 aromatic carbocycles. The molecule has 0 saturated heterocycles. The summed E-state index contributed by atoms with van der Waals surface area (Å²) in [4.78, 5) is 16.9. The van der Waals surface area contributed by atoms with E-state index in [0.717, 1.165) is 22.5 Å². The van der Waals surface area contributed by atoms with Crippen molar-refractivity contribution in [1.82, 2.24) is 14.5 Å². The summed E-state index contributed by atoms with van der Waals surface area (Å²) in [7, 11) is 0. The topological polar surface area (TPSA) is 72.4 Å². The van der Waals surface area contributed by atoms with Gasteiger partial charge in [-0.3, -0.25) is 4.79 Å². The van der Waals surface area contributed by atoms with Crippen molar-refractivity contribution in [2.24, 2.45) is 0 Å². The number of aromatic nitrogens is 3. The molecule has 3 aromatic heterocycles. The van der Waals surface area contributed by atoms with Gasteiger partial charge >= 0.3 is 0 Å². The molecule has 0 spiro atoms. The Bertz CT molecular complexity index is 1060. The van der Waals surface area contributed by atoms with Crippen LogP contribution in [0.4, 0.5) is 5.69 Å². The Morgan fingerprint density at radius 3 is 2.64 bits per heavy atom. The molecule has 0 aliphatic heterocycles. The minimum absolute atomic E-state index is 0.241. The lowest BCUT2D eigenvalue weighted by molar-refractivity contribution is 0.102. The van der Waals surface area contributed by atoms with Gasteiger partial charge in [-0.05, 0) is 37.6 Å². The summed E-state index contributed by atoms with van der Waals surface area (Å²) in [6.45, 7) is 3.74. The predicted molar refractivity (Wildman–Crippen MR) is 94.6 cm³/mol. The van der Waals surface area contributed by atoms with Gasteiger partial charge in [0, 0.05) is 23.6 Å². The fourth-order valence-electron chi connectivity index (χ4n) is 2.73. The standard InChI is InChI=1S/C19H16N4O2/c1-12-4-3-9-23-11-17(22-18(12)23)14-5-7-15(8-6-14)21-19(24)16-10-20-25-13(16)2/h3-11H,1-2H3,(H,21,24). The number of nitrogens with zero attached hydrogens (tertiary/aromatic N) is 3. The minimum Gasteiger partial charge on any atom is -0.361 e. The monoisotopic (exact) mass is 332 g/mol. The Hall–Kier alpha value is -3.41. The predicted octanol–water partition coefficient (Wildman–Crippen LogP) is 3.86. The van der Waals surface area contributed by atoms with Crippen molar-refractivity contribution in [3.63, 3.8) is 0 Å². The molecule has 1 N–H and O–H groups in total. The number of carbonyl (C=O) groups excluding carboxylic acids is 1. The Labute approximate surface area is 144 Å². The molecule has 4 rings (SSSR count). The number of amides is 1. The van der Waals surface area contributed by atoms with Gasteiger partial charge in [0.15, 0.2) is 0 Å². The van der Waals surface area contributed by atoms with Crippen LogP contribution in [0.25, 0.3) is 16.9 Å². The van der Waals surface area contributed by atoms with Gasteiger partial charge in [0.2, 0.25) is 0 Å². The molecule has 0 unspecified atom stereocenters. The van der Waals surface area contributed by atoms with Gasteiger partial charge in [0.25, 0.3) is 5.91 Å². The van der Waals surface area contributed by atoms with Crippen LogP contribution in [-0.4, -0.2) is 20.4 Å². The number of imidazole rings is 1. The quantitative estimate of drug-likeness (QED) is 0.618. The fourth-order valence-corrected chi connectivity index (χ4v) is 2.73. The third-order valence-electron chi connectivity index (χ3n) is 4.11. The zero-order valence-electron chi connectivity index (χ0n) is 13.9. The molecule has 4 aromatic rings. The van der Waals surface area contributed by atoms with Crippen LogP contribution in [0.2, 0.25) is 0 Å². The van der Waals surface area contributed by atoms with Crippen LogP contribution >= 0.6 is 0 Å². The van der Waals surface area contributed by atoms with E-state index in [-0.39, 0.29) is 5.91 Å². The second-order valence-corrected chi connectivity index (χ2v) is 5.88. The zero-order chi connectivity index (χ0) is 17.4. The molecule has 0 saturated carbocycles. The molecule has 0 atom stereocenters. The third kappa shape index (κ3) is 2.78. The van der Waals surface area contributed by atoms with E-state index in [0.29, 0.717) is 17.0 Å². The van der Waals surface area contributed by atoms with Crippen molar-refractivity contribution in [3.05, 3.63) is 71.9 Å². The fraction of sp³-hybridized carbons (Fsp3) is 0.105. The molecular weight excluding hydrogens is 316 g/mol. The summed E-state index contributed by atoms with van der Waals surface area (Å²) in [6, 6.07) is 11.6. The maximum Gasteiger partial charge on any atom is 0.260 e. The lowest BCUT2D eigenvalue weighted by Gasteiger charge is -2.04. The van der Waals surface area contributed by atoms with Crippen molar-refractivity contribution in [2.45, 2.75) is 13.8 Å². The Morgan fingerprint density at radius 1 is 1.16 bits per heavy atom. The molecule has 1 amide bonds. The minimum atomic E-state index is -0.241. The number of rotatable bonds is 3. The summed E-state index contributed by atoms with van der Waals surface area (Å²) < 4.78 is 6.93. The molecule has 6 nitrogen and oxygen atoms in total. The number of nitrogens with one attached hydrogen (secondary N) is 1. The first-order chi connectivity index (χ1) is 12.1. The van der Waals surface area contributed by atoms with Crippen LogP contribution < -0.4 is 5.32 Å². The van der Waals surface area contributed by atoms with Gasteiger partial charge < -0.3 is 14.2 Å². The van der Waals surface area contributed by atoms with E-state index in [9.17, 15) is 4.79 Å². The Kier molecular flexibility index (Phi) is 3.57. The Morgan fingerprint density at radius 2 is 1.96 bits per heavy atom. The first-order valence-electron chi connectivity index (χ1n) is 7.89. The highest BCUT2D eigenvalue weighted by Crippen LogP contribution is 2.23. The van der Waals surface area contributed by atoms with E-state index >= 15 is 0 Å². The number of fused-ring (bicyclic) bond motifs is 1. The average Bonchev–Trinajstić information content (AvgIpc) is 3.22. The maximum absolute atomic E-state index is 12.2. The highest BCUT2D eigenvalue weighted by Gasteiger charge is 2.13. The normalized spacial score (nSPS) is 11.0. The highest BCUT2D eigenvalue weighted by molar-refractivity contribution is 6.04. The van der Waals surface area contributed by atoms with Gasteiger partial charge in [0.05, 0.1) is 11.9 Å². The molecule has 6 heteroatoms. The van der Waals surface area contributed by atoms with Crippen LogP contribution in [0.5, 0.6) is 0 Å². The average molecular weight is 332 g/mol. The molecule has 0 aliphatic carbocycles. The summed E-state index contributed by atoms with van der Waals surface area (Å²) in [5.41, 5.74) is 5.08. The highest BCUT2D eigenvalue weighted by atomic mass is 16.5. The van der Waals surface area contributed by atoms with Crippen molar-refractivity contribution in [2.75, 3.05) is 5.32 Å². The number of hydrogen-bond donors (Lipinski definition) is 1. The van der Waals surface area contributed by atoms with Crippen LogP contribution in [0, 0.1) is 13.8 Å². The van der Waals surface area contributed by atoms with E-state index in [4.69, 9.17) is 4.52 Å². The third-order valence-corrected chi connectivity index (χ3v) is 4.11. The van der Waals surface area contributed by atoms with Crippen LogP contribution in [0.3, 0.4) is 0 Å². The van der Waals surface area contributed by atoms with Crippen LogP contribution in [0.15, 0.2) is 59.5 Å². The summed E-state index contributed by atoms with van der Waals surface area (Å²) in [5, 5.41) is 6.45. The van der Waals surface area contributed by atoms with E-state index in [1.807, 2.05) is 60.1 Å². The van der Waals surface area contributed by atoms with E-state index < -0.39 is 0 Å². The lowest BCUT2D eigenvalue weighted by atomic mass is 10.1. The molecule has 25 heavy (non-hydrogen) atoms. The van der Waals surface area contributed by atoms with Crippen molar-refractivity contribution >= 4 is 17.2 Å². The van der Waals surface area contributed by atoms with Gasteiger partial charge in [-0.1, -0.05) is 23.4 Å². The van der Waals surface area contributed by atoms with E-state index in [1.54, 1.807) is 6.92 Å². The van der Waals surface area contributed by atoms with Crippen LogP contribution in [0.1, 0.15) is 21.7 Å². The molecule has 0 fully saturated rings. The number of anilines is 1. The maximum atomic E-state index is 12.2. The molecular formula is C19H16N4O2. The van der Waals surface area contributed by atoms with Gasteiger partial charge in [-0.15, -0.1) is 0 Å². The van der Waals surface area contributed by atoms with E-state index in [2.05, 4.69) is 15.5 Å². The zero-order valence-corrected chi connectivity index (χ0v) is 13.9. The second-order valence-electron chi connectivity index (χ2n) is 5.88. The number of carbonyl (C=O) groups is 1. The largest absolute Gasteiger partial charge is 0.361 e. The van der Waals surface area contributed by atoms with Gasteiger partial charge in [0.1, 0.15) is 17.0 Å². The van der Waals surface area contributed by atoms with Crippen molar-refractivity contribution in [1.29, 1.82) is 0 Å². The van der Waals surface area contributed by atoms with E-state index in [1.165, 1.54) is 6.20 Å². The molecule has 0 radical (unpaired) electrons. The SMILES string of the molecule is Cc1oncc1C(=O)Nc1ccc(-c2cn3cccc(C)c3n2)cc1. The molecule has 124 valence electrons. The van der Waals surface area contributed by atoms with Crippen molar-refractivity contribution in [3.8, 4) is 11.3 Å². The first kappa shape index (κ1) is 15.1. The first-order valence-corrected chi connectivity index (χ1v) is 7.89.